The van der Waals surface area contributed by atoms with Crippen LogP contribution in [0, 0.1) is 5.92 Å². The minimum absolute atomic E-state index is 0. The molecule has 0 N–H and O–H groups in total. The third-order valence-electron chi connectivity index (χ3n) is 5.61. The van der Waals surface area contributed by atoms with Crippen LogP contribution in [0.3, 0.4) is 0 Å². The first-order chi connectivity index (χ1) is 11.5. The van der Waals surface area contributed by atoms with Gasteiger partial charge in [-0.15, -0.1) is 12.4 Å². The second-order valence-corrected chi connectivity index (χ2v) is 8.18. The number of fused-ring (bicyclic) bond motifs is 1. The Morgan fingerprint density at radius 1 is 1.16 bits per heavy atom. The van der Waals surface area contributed by atoms with Gasteiger partial charge in [0.25, 0.3) is 0 Å². The summed E-state index contributed by atoms with van der Waals surface area (Å²) in [5, 5.41) is 1.05. The van der Waals surface area contributed by atoms with Gasteiger partial charge in [-0.1, -0.05) is 35.7 Å². The minimum atomic E-state index is 0. The van der Waals surface area contributed by atoms with Crippen molar-refractivity contribution < 1.29 is 4.79 Å². The number of hydrogen-bond donors (Lipinski definition) is 0. The van der Waals surface area contributed by atoms with Crippen LogP contribution in [0.2, 0.25) is 10.0 Å². The van der Waals surface area contributed by atoms with Gasteiger partial charge in [-0.2, -0.15) is 0 Å². The van der Waals surface area contributed by atoms with Crippen LogP contribution in [0.1, 0.15) is 37.7 Å². The number of piperidine rings is 1. The fourth-order valence-corrected chi connectivity index (χ4v) is 4.80. The number of nitrogens with zero attached hydrogens (tertiary/aromatic N) is 2. The SMILES string of the molecule is CN(C)C1CCCC2CCCN(C(=O)Cc3ccc(Cl)c(Cl)c3)C21.Cl. The van der Waals surface area contributed by atoms with E-state index in [1.807, 2.05) is 12.1 Å². The Bertz CT molecular complexity index is 606. The second kappa shape index (κ2) is 8.94. The predicted molar refractivity (Wildman–Crippen MR) is 107 cm³/mol. The molecule has 3 atom stereocenters. The van der Waals surface area contributed by atoms with Gasteiger partial charge in [0.15, 0.2) is 0 Å². The molecule has 1 aliphatic heterocycles. The summed E-state index contributed by atoms with van der Waals surface area (Å²) in [4.78, 5) is 17.5. The van der Waals surface area contributed by atoms with Gasteiger partial charge in [0, 0.05) is 18.6 Å². The predicted octanol–water partition coefficient (Wildman–Crippen LogP) is 4.68. The van der Waals surface area contributed by atoms with Crippen LogP contribution in [0.15, 0.2) is 18.2 Å². The van der Waals surface area contributed by atoms with Gasteiger partial charge in [0.2, 0.25) is 5.91 Å². The van der Waals surface area contributed by atoms with E-state index in [9.17, 15) is 4.79 Å². The van der Waals surface area contributed by atoms with Crippen molar-refractivity contribution in [2.75, 3.05) is 20.6 Å². The van der Waals surface area contributed by atoms with Crippen molar-refractivity contribution in [1.82, 2.24) is 9.80 Å². The number of carbonyl (C=O) groups is 1. The van der Waals surface area contributed by atoms with E-state index in [0.717, 1.165) is 18.5 Å². The maximum absolute atomic E-state index is 13.0. The van der Waals surface area contributed by atoms with E-state index in [4.69, 9.17) is 23.2 Å². The normalized spacial score (nSPS) is 26.1. The molecule has 1 aromatic rings. The average molecular weight is 406 g/mol. The summed E-state index contributed by atoms with van der Waals surface area (Å²) < 4.78 is 0. The minimum Gasteiger partial charge on any atom is -0.338 e. The van der Waals surface area contributed by atoms with Crippen LogP contribution in [0.5, 0.6) is 0 Å². The summed E-state index contributed by atoms with van der Waals surface area (Å²) in [5.74, 6) is 0.870. The molecule has 0 spiro atoms. The van der Waals surface area contributed by atoms with Gasteiger partial charge in [-0.25, -0.2) is 0 Å². The lowest BCUT2D eigenvalue weighted by Gasteiger charge is -2.50. The van der Waals surface area contributed by atoms with Crippen LogP contribution in [0.4, 0.5) is 0 Å². The van der Waals surface area contributed by atoms with E-state index in [-0.39, 0.29) is 18.3 Å². The van der Waals surface area contributed by atoms with Crippen molar-refractivity contribution in [2.45, 2.75) is 50.6 Å². The number of likely N-dealkylation sites (tertiary alicyclic amines) is 1. The smallest absolute Gasteiger partial charge is 0.227 e. The van der Waals surface area contributed by atoms with Gasteiger partial charge in [0.1, 0.15) is 0 Å². The van der Waals surface area contributed by atoms with Crippen LogP contribution in [-0.2, 0) is 11.2 Å². The first-order valence-electron chi connectivity index (χ1n) is 8.87. The highest BCUT2D eigenvalue weighted by atomic mass is 35.5. The van der Waals surface area contributed by atoms with E-state index in [1.165, 1.54) is 25.7 Å². The molecule has 140 valence electrons. The standard InChI is InChI=1S/C19H26Cl2N2O.ClH/c1-22(2)17-7-3-5-14-6-4-10-23(19(14)17)18(24)12-13-8-9-15(20)16(21)11-13;/h8-9,11,14,17,19H,3-7,10,12H2,1-2H3;1H. The number of rotatable bonds is 3. The molecular weight excluding hydrogens is 379 g/mol. The van der Waals surface area contributed by atoms with E-state index < -0.39 is 0 Å². The zero-order chi connectivity index (χ0) is 17.3. The van der Waals surface area contributed by atoms with E-state index in [0.29, 0.717) is 34.5 Å². The van der Waals surface area contributed by atoms with Crippen molar-refractivity contribution in [1.29, 1.82) is 0 Å². The van der Waals surface area contributed by atoms with Crippen LogP contribution >= 0.6 is 35.6 Å². The molecule has 1 aromatic carbocycles. The number of amides is 1. The van der Waals surface area contributed by atoms with Crippen molar-refractivity contribution in [3.8, 4) is 0 Å². The average Bonchev–Trinajstić information content (AvgIpc) is 2.57. The molecule has 0 bridgehead atoms. The Balaban J connectivity index is 0.00000225. The van der Waals surface area contributed by atoms with E-state index in [1.54, 1.807) is 6.07 Å². The molecule has 1 saturated carbocycles. The summed E-state index contributed by atoms with van der Waals surface area (Å²) in [6, 6.07) is 6.32. The Morgan fingerprint density at radius 3 is 2.56 bits per heavy atom. The maximum atomic E-state index is 13.0. The zero-order valence-corrected chi connectivity index (χ0v) is 17.2. The number of likely N-dealkylation sites (N-methyl/N-ethyl adjacent to an activating group) is 1. The highest BCUT2D eigenvalue weighted by Gasteiger charge is 2.42. The summed E-state index contributed by atoms with van der Waals surface area (Å²) in [5.41, 5.74) is 0.939. The summed E-state index contributed by atoms with van der Waals surface area (Å²) in [6.07, 6.45) is 6.50. The summed E-state index contributed by atoms with van der Waals surface area (Å²) in [6.45, 7) is 0.881. The molecule has 3 unspecified atom stereocenters. The maximum Gasteiger partial charge on any atom is 0.227 e. The summed E-state index contributed by atoms with van der Waals surface area (Å²) >= 11 is 12.1. The van der Waals surface area contributed by atoms with Gasteiger partial charge in [-0.3, -0.25) is 4.79 Å². The van der Waals surface area contributed by atoms with Gasteiger partial charge in [0.05, 0.1) is 16.5 Å². The van der Waals surface area contributed by atoms with Crippen LogP contribution in [0.25, 0.3) is 0 Å². The van der Waals surface area contributed by atoms with Crippen LogP contribution < -0.4 is 0 Å². The Labute approximate surface area is 167 Å². The second-order valence-electron chi connectivity index (χ2n) is 7.37. The largest absolute Gasteiger partial charge is 0.338 e. The molecule has 2 fully saturated rings. The molecule has 3 nitrogen and oxygen atoms in total. The summed E-state index contributed by atoms with van der Waals surface area (Å²) in [7, 11) is 4.28. The molecule has 25 heavy (non-hydrogen) atoms. The monoisotopic (exact) mass is 404 g/mol. The first kappa shape index (κ1) is 20.8. The number of benzene rings is 1. The van der Waals surface area contributed by atoms with Crippen molar-refractivity contribution in [3.05, 3.63) is 33.8 Å². The van der Waals surface area contributed by atoms with Crippen LogP contribution in [-0.4, -0.2) is 48.4 Å². The zero-order valence-electron chi connectivity index (χ0n) is 14.9. The number of hydrogen-bond acceptors (Lipinski definition) is 2. The molecule has 2 aliphatic rings. The molecule has 6 heteroatoms. The molecular formula is C19H27Cl3N2O. The highest BCUT2D eigenvalue weighted by molar-refractivity contribution is 6.42. The molecule has 1 aliphatic carbocycles. The van der Waals surface area contributed by atoms with Gasteiger partial charge < -0.3 is 9.80 Å². The van der Waals surface area contributed by atoms with Crippen molar-refractivity contribution >= 4 is 41.5 Å². The molecule has 1 saturated heterocycles. The van der Waals surface area contributed by atoms with Gasteiger partial charge in [-0.05, 0) is 63.4 Å². The van der Waals surface area contributed by atoms with Crippen molar-refractivity contribution in [3.63, 3.8) is 0 Å². The molecule has 1 amide bonds. The first-order valence-corrected chi connectivity index (χ1v) is 9.63. The Morgan fingerprint density at radius 2 is 1.88 bits per heavy atom. The molecule has 3 rings (SSSR count). The number of halogens is 3. The molecule has 1 heterocycles. The molecule has 0 radical (unpaired) electrons. The third kappa shape index (κ3) is 4.63. The fourth-order valence-electron chi connectivity index (χ4n) is 4.48. The van der Waals surface area contributed by atoms with Crippen molar-refractivity contribution in [2.24, 2.45) is 5.92 Å². The lowest BCUT2D eigenvalue weighted by molar-refractivity contribution is -0.139. The highest BCUT2D eigenvalue weighted by Crippen LogP contribution is 2.37. The lowest BCUT2D eigenvalue weighted by atomic mass is 9.75. The third-order valence-corrected chi connectivity index (χ3v) is 6.35. The molecule has 0 aromatic heterocycles. The Hall–Kier alpha value is -0.480. The number of carbonyl (C=O) groups excluding carboxylic acids is 1. The van der Waals surface area contributed by atoms with E-state index in [2.05, 4.69) is 23.9 Å². The lowest BCUT2D eigenvalue weighted by Crippen LogP contribution is -2.59. The fraction of sp³-hybridized carbons (Fsp3) is 0.632. The topological polar surface area (TPSA) is 23.6 Å². The quantitative estimate of drug-likeness (QED) is 0.729. The van der Waals surface area contributed by atoms with Gasteiger partial charge >= 0.3 is 0 Å². The van der Waals surface area contributed by atoms with E-state index >= 15 is 0 Å². The Kier molecular flexibility index (Phi) is 7.45.